The molecule has 1 aromatic rings. The Kier molecular flexibility index (Phi) is 4.51. The molecule has 26 heavy (non-hydrogen) atoms. The van der Waals surface area contributed by atoms with Crippen molar-refractivity contribution in [1.82, 2.24) is 10.2 Å². The lowest BCUT2D eigenvalue weighted by molar-refractivity contribution is -0.137. The number of benzene rings is 1. The van der Waals surface area contributed by atoms with Crippen LogP contribution in [-0.4, -0.2) is 48.5 Å². The van der Waals surface area contributed by atoms with E-state index in [2.05, 4.69) is 10.6 Å². The van der Waals surface area contributed by atoms with Crippen LogP contribution in [-0.2, 0) is 9.59 Å². The van der Waals surface area contributed by atoms with Crippen molar-refractivity contribution in [3.63, 3.8) is 0 Å². The molecular weight excluding hydrogens is 330 g/mol. The number of piperidine rings is 1. The van der Waals surface area contributed by atoms with E-state index in [0.29, 0.717) is 32.0 Å². The van der Waals surface area contributed by atoms with Crippen molar-refractivity contribution < 1.29 is 14.3 Å². The number of hydrogen-bond acceptors (Lipinski definition) is 4. The molecular formula is C20H27N3O3. The minimum absolute atomic E-state index is 0.0568. The molecule has 1 saturated heterocycles. The van der Waals surface area contributed by atoms with Crippen LogP contribution in [0.25, 0.3) is 0 Å². The molecule has 1 heterocycles. The molecule has 0 radical (unpaired) electrons. The highest BCUT2D eigenvalue weighted by atomic mass is 16.5. The molecule has 2 N–H and O–H groups in total. The lowest BCUT2D eigenvalue weighted by Crippen LogP contribution is -2.59. The maximum atomic E-state index is 13.0. The molecule has 4 rings (SSSR count). The smallest absolute Gasteiger partial charge is 0.246 e. The molecule has 0 bridgehead atoms. The van der Waals surface area contributed by atoms with Crippen molar-refractivity contribution in [2.75, 3.05) is 25.5 Å². The largest absolute Gasteiger partial charge is 0.497 e. The number of rotatable bonds is 6. The third-order valence-corrected chi connectivity index (χ3v) is 5.66. The monoisotopic (exact) mass is 357 g/mol. The molecule has 6 heteroatoms. The van der Waals surface area contributed by atoms with Gasteiger partial charge in [0.25, 0.3) is 0 Å². The number of amides is 2. The van der Waals surface area contributed by atoms with Gasteiger partial charge in [0.05, 0.1) is 7.11 Å². The summed E-state index contributed by atoms with van der Waals surface area (Å²) in [5.41, 5.74) is 0.201. The molecule has 3 aliphatic rings. The molecule has 2 amide bonds. The van der Waals surface area contributed by atoms with Crippen molar-refractivity contribution >= 4 is 17.5 Å². The first-order chi connectivity index (χ1) is 12.6. The molecule has 6 nitrogen and oxygen atoms in total. The summed E-state index contributed by atoms with van der Waals surface area (Å²) in [4.78, 5) is 27.3. The van der Waals surface area contributed by atoms with Gasteiger partial charge in [-0.05, 0) is 50.7 Å². The molecule has 1 aliphatic heterocycles. The summed E-state index contributed by atoms with van der Waals surface area (Å²) in [7, 11) is 1.64. The lowest BCUT2D eigenvalue weighted by atomic mass is 9.85. The number of anilines is 1. The Balaban J connectivity index is 1.50. The van der Waals surface area contributed by atoms with Crippen LogP contribution in [0.5, 0.6) is 5.75 Å². The van der Waals surface area contributed by atoms with Crippen LogP contribution in [0.3, 0.4) is 0 Å². The summed E-state index contributed by atoms with van der Waals surface area (Å²) in [6.45, 7) is 1.26. The highest BCUT2D eigenvalue weighted by molar-refractivity contribution is 5.90. The summed E-state index contributed by atoms with van der Waals surface area (Å²) in [5, 5.41) is 6.63. The summed E-state index contributed by atoms with van der Waals surface area (Å²) >= 11 is 0. The van der Waals surface area contributed by atoms with Gasteiger partial charge in [-0.15, -0.1) is 0 Å². The van der Waals surface area contributed by atoms with E-state index in [4.69, 9.17) is 4.74 Å². The molecule has 0 atom stereocenters. The first-order valence-electron chi connectivity index (χ1n) is 9.62. The van der Waals surface area contributed by atoms with E-state index in [1.807, 2.05) is 29.2 Å². The fourth-order valence-corrected chi connectivity index (χ4v) is 3.63. The maximum absolute atomic E-state index is 13.0. The SMILES string of the molecule is COc1cccc(NC2(C(=O)NC3CC3)CCN(C(=O)C3CC3)CC2)c1. The Bertz CT molecular complexity index is 689. The van der Waals surface area contributed by atoms with E-state index in [1.165, 1.54) is 0 Å². The highest BCUT2D eigenvalue weighted by Crippen LogP contribution is 2.35. The van der Waals surface area contributed by atoms with Crippen LogP contribution in [0.1, 0.15) is 38.5 Å². The second kappa shape index (κ2) is 6.82. The summed E-state index contributed by atoms with van der Waals surface area (Å²) in [6.07, 6.45) is 5.42. The molecule has 3 fully saturated rings. The molecule has 2 aliphatic carbocycles. The second-order valence-electron chi connectivity index (χ2n) is 7.79. The van der Waals surface area contributed by atoms with Gasteiger partial charge in [0.15, 0.2) is 0 Å². The number of methoxy groups -OCH3 is 1. The average Bonchev–Trinajstić information content (AvgIpc) is 3.55. The number of nitrogens with one attached hydrogen (secondary N) is 2. The molecule has 2 saturated carbocycles. The van der Waals surface area contributed by atoms with E-state index in [1.54, 1.807) is 7.11 Å². The van der Waals surface area contributed by atoms with E-state index in [9.17, 15) is 9.59 Å². The predicted octanol–water partition coefficient (Wildman–Crippen LogP) is 2.16. The van der Waals surface area contributed by atoms with Crippen LogP contribution >= 0.6 is 0 Å². The Morgan fingerprint density at radius 2 is 1.88 bits per heavy atom. The van der Waals surface area contributed by atoms with Gasteiger partial charge in [0, 0.05) is 36.8 Å². The summed E-state index contributed by atoms with van der Waals surface area (Å²) in [5.74, 6) is 1.31. The van der Waals surface area contributed by atoms with Gasteiger partial charge in [0.2, 0.25) is 11.8 Å². The minimum Gasteiger partial charge on any atom is -0.497 e. The van der Waals surface area contributed by atoms with Crippen molar-refractivity contribution in [3.05, 3.63) is 24.3 Å². The Labute approximate surface area is 154 Å². The fourth-order valence-electron chi connectivity index (χ4n) is 3.63. The van der Waals surface area contributed by atoms with E-state index in [-0.39, 0.29) is 17.7 Å². The van der Waals surface area contributed by atoms with Crippen molar-refractivity contribution in [1.29, 1.82) is 0 Å². The van der Waals surface area contributed by atoms with Crippen molar-refractivity contribution in [3.8, 4) is 5.75 Å². The summed E-state index contributed by atoms with van der Waals surface area (Å²) in [6, 6.07) is 7.99. The van der Waals surface area contributed by atoms with Crippen molar-refractivity contribution in [2.24, 2.45) is 5.92 Å². The summed E-state index contributed by atoms with van der Waals surface area (Å²) < 4.78 is 5.30. The number of likely N-dealkylation sites (tertiary alicyclic amines) is 1. The van der Waals surface area contributed by atoms with Gasteiger partial charge in [-0.3, -0.25) is 9.59 Å². The van der Waals surface area contributed by atoms with Gasteiger partial charge < -0.3 is 20.3 Å². The van der Waals surface area contributed by atoms with E-state index in [0.717, 1.165) is 37.1 Å². The molecule has 0 unspecified atom stereocenters. The molecule has 0 aromatic heterocycles. The minimum atomic E-state index is -0.671. The van der Waals surface area contributed by atoms with Gasteiger partial charge in [-0.2, -0.15) is 0 Å². The maximum Gasteiger partial charge on any atom is 0.246 e. The van der Waals surface area contributed by atoms with Crippen LogP contribution in [0.2, 0.25) is 0 Å². The normalized spacial score (nSPS) is 21.8. The topological polar surface area (TPSA) is 70.7 Å². The first-order valence-corrected chi connectivity index (χ1v) is 9.62. The number of carbonyl (C=O) groups is 2. The van der Waals surface area contributed by atoms with Gasteiger partial charge in [-0.1, -0.05) is 6.07 Å². The predicted molar refractivity (Wildman–Crippen MR) is 99.1 cm³/mol. The lowest BCUT2D eigenvalue weighted by Gasteiger charge is -2.42. The van der Waals surface area contributed by atoms with Crippen LogP contribution in [0.4, 0.5) is 5.69 Å². The quantitative estimate of drug-likeness (QED) is 0.818. The van der Waals surface area contributed by atoms with Gasteiger partial charge in [-0.25, -0.2) is 0 Å². The van der Waals surface area contributed by atoms with Crippen LogP contribution in [0.15, 0.2) is 24.3 Å². The Morgan fingerprint density at radius 3 is 2.50 bits per heavy atom. The van der Waals surface area contributed by atoms with Crippen LogP contribution in [0, 0.1) is 5.92 Å². The zero-order valence-electron chi connectivity index (χ0n) is 15.3. The number of ether oxygens (including phenoxy) is 1. The molecule has 1 aromatic carbocycles. The number of carbonyl (C=O) groups excluding carboxylic acids is 2. The zero-order valence-corrected chi connectivity index (χ0v) is 15.3. The fraction of sp³-hybridized carbons (Fsp3) is 0.600. The average molecular weight is 357 g/mol. The Hall–Kier alpha value is -2.24. The van der Waals surface area contributed by atoms with Gasteiger partial charge >= 0.3 is 0 Å². The number of nitrogens with zero attached hydrogens (tertiary/aromatic N) is 1. The van der Waals surface area contributed by atoms with E-state index < -0.39 is 5.54 Å². The highest BCUT2D eigenvalue weighted by Gasteiger charge is 2.45. The van der Waals surface area contributed by atoms with Crippen LogP contribution < -0.4 is 15.4 Å². The van der Waals surface area contributed by atoms with E-state index >= 15 is 0 Å². The number of hydrogen-bond donors (Lipinski definition) is 2. The standard InChI is InChI=1S/C20H27N3O3/c1-26-17-4-2-3-16(13-17)22-20(19(25)21-15-7-8-15)9-11-23(12-10-20)18(24)14-5-6-14/h2-4,13-15,22H,5-12H2,1H3,(H,21,25). The zero-order chi connectivity index (χ0) is 18.1. The first kappa shape index (κ1) is 17.2. The Morgan fingerprint density at radius 1 is 1.15 bits per heavy atom. The van der Waals surface area contributed by atoms with Crippen molar-refractivity contribution in [2.45, 2.75) is 50.1 Å². The third-order valence-electron chi connectivity index (χ3n) is 5.66. The molecule has 0 spiro atoms. The van der Waals surface area contributed by atoms with Gasteiger partial charge in [0.1, 0.15) is 11.3 Å². The second-order valence-corrected chi connectivity index (χ2v) is 7.79. The third kappa shape index (κ3) is 3.64. The molecule has 140 valence electrons.